The van der Waals surface area contributed by atoms with E-state index in [0.717, 1.165) is 16.0 Å². The van der Waals surface area contributed by atoms with Crippen molar-refractivity contribution in [2.75, 3.05) is 11.5 Å². The van der Waals surface area contributed by atoms with Crippen molar-refractivity contribution in [2.24, 2.45) is 0 Å². The quantitative estimate of drug-likeness (QED) is 0.637. The number of hydrogen-bond acceptors (Lipinski definition) is 5. The second kappa shape index (κ2) is 2.31. The molecule has 2 aromatic rings. The van der Waals surface area contributed by atoms with Crippen LogP contribution in [0.25, 0.3) is 10.2 Å². The number of aromatic nitrogens is 2. The van der Waals surface area contributed by atoms with Crippen molar-refractivity contribution >= 4 is 32.2 Å². The molecule has 0 aliphatic rings. The van der Waals surface area contributed by atoms with Crippen LogP contribution in [0.2, 0.25) is 0 Å². The van der Waals surface area contributed by atoms with Crippen LogP contribution in [0.3, 0.4) is 0 Å². The highest BCUT2D eigenvalue weighted by Gasteiger charge is 2.07. The molecule has 0 aliphatic heterocycles. The van der Waals surface area contributed by atoms with E-state index in [4.69, 9.17) is 11.5 Å². The molecule has 0 amide bonds. The number of nitrogens with zero attached hydrogens (tertiary/aromatic N) is 2. The van der Waals surface area contributed by atoms with Crippen molar-refractivity contribution in [1.82, 2.24) is 9.97 Å². The molecule has 4 N–H and O–H groups in total. The fourth-order valence-corrected chi connectivity index (χ4v) is 1.88. The van der Waals surface area contributed by atoms with Gasteiger partial charge in [0.1, 0.15) is 15.7 Å². The molecule has 0 atom stereocenters. The Morgan fingerprint density at radius 1 is 1.42 bits per heavy atom. The van der Waals surface area contributed by atoms with Crippen LogP contribution in [-0.2, 0) is 0 Å². The van der Waals surface area contributed by atoms with Crippen LogP contribution in [0, 0.1) is 6.92 Å². The number of aryl methyl sites for hydroxylation is 1. The van der Waals surface area contributed by atoms with Crippen molar-refractivity contribution in [3.8, 4) is 0 Å². The minimum Gasteiger partial charge on any atom is -0.396 e. The first-order valence-electron chi connectivity index (χ1n) is 3.45. The minimum atomic E-state index is 0.593. The molecule has 2 rings (SSSR count). The van der Waals surface area contributed by atoms with E-state index in [1.54, 1.807) is 6.20 Å². The summed E-state index contributed by atoms with van der Waals surface area (Å²) in [4.78, 5) is 9.10. The smallest absolute Gasteiger partial charge is 0.131 e. The van der Waals surface area contributed by atoms with Gasteiger partial charge in [0, 0.05) is 6.20 Å². The SMILES string of the molecule is Cc1ncc2c(N)c(N)sc2n1. The largest absolute Gasteiger partial charge is 0.396 e. The van der Waals surface area contributed by atoms with Gasteiger partial charge in [0.05, 0.1) is 11.1 Å². The van der Waals surface area contributed by atoms with Crippen LogP contribution in [0.5, 0.6) is 0 Å². The third kappa shape index (κ3) is 0.902. The Balaban J connectivity index is 2.87. The van der Waals surface area contributed by atoms with Gasteiger partial charge in [-0.2, -0.15) is 0 Å². The van der Waals surface area contributed by atoms with Crippen molar-refractivity contribution in [3.05, 3.63) is 12.0 Å². The number of thiophene rings is 1. The molecule has 0 aromatic carbocycles. The molecule has 0 aliphatic carbocycles. The van der Waals surface area contributed by atoms with Crippen LogP contribution in [0.1, 0.15) is 5.82 Å². The Bertz CT molecular complexity index is 434. The first-order valence-corrected chi connectivity index (χ1v) is 4.27. The van der Waals surface area contributed by atoms with E-state index < -0.39 is 0 Å². The van der Waals surface area contributed by atoms with E-state index in [1.807, 2.05) is 6.92 Å². The normalized spacial score (nSPS) is 10.8. The van der Waals surface area contributed by atoms with Crippen LogP contribution >= 0.6 is 11.3 Å². The maximum absolute atomic E-state index is 5.69. The van der Waals surface area contributed by atoms with Crippen molar-refractivity contribution in [3.63, 3.8) is 0 Å². The average Bonchev–Trinajstić information content (AvgIpc) is 2.28. The number of anilines is 2. The summed E-state index contributed by atoms with van der Waals surface area (Å²) >= 11 is 1.39. The van der Waals surface area contributed by atoms with E-state index >= 15 is 0 Å². The molecule has 0 unspecified atom stereocenters. The fourth-order valence-electron chi connectivity index (χ4n) is 1.00. The number of nitrogens with two attached hydrogens (primary N) is 2. The monoisotopic (exact) mass is 180 g/mol. The Labute approximate surface area is 73.2 Å². The zero-order chi connectivity index (χ0) is 8.72. The van der Waals surface area contributed by atoms with Gasteiger partial charge in [-0.05, 0) is 6.92 Å². The zero-order valence-electron chi connectivity index (χ0n) is 6.53. The standard InChI is InChI=1S/C7H8N4S/c1-3-10-2-4-5(8)6(9)12-7(4)11-3/h2H,8-9H2,1H3. The van der Waals surface area contributed by atoms with Crippen LogP contribution in [-0.4, -0.2) is 9.97 Å². The van der Waals surface area contributed by atoms with Gasteiger partial charge in [-0.3, -0.25) is 0 Å². The van der Waals surface area contributed by atoms with Gasteiger partial charge >= 0.3 is 0 Å². The lowest BCUT2D eigenvalue weighted by atomic mass is 10.3. The first kappa shape index (κ1) is 7.30. The first-order chi connectivity index (χ1) is 5.68. The summed E-state index contributed by atoms with van der Waals surface area (Å²) in [7, 11) is 0. The summed E-state index contributed by atoms with van der Waals surface area (Å²) < 4.78 is 0. The molecule has 4 nitrogen and oxygen atoms in total. The predicted octanol–water partition coefficient (Wildman–Crippen LogP) is 1.16. The fraction of sp³-hybridized carbons (Fsp3) is 0.143. The van der Waals surface area contributed by atoms with Gasteiger partial charge in [-0.15, -0.1) is 0 Å². The summed E-state index contributed by atoms with van der Waals surface area (Å²) in [6.07, 6.45) is 1.71. The zero-order valence-corrected chi connectivity index (χ0v) is 7.35. The summed E-state index contributed by atoms with van der Waals surface area (Å²) in [5, 5.41) is 1.47. The maximum Gasteiger partial charge on any atom is 0.131 e. The molecule has 5 heteroatoms. The van der Waals surface area contributed by atoms with Gasteiger partial charge in [0.25, 0.3) is 0 Å². The van der Waals surface area contributed by atoms with Gasteiger partial charge in [-0.25, -0.2) is 9.97 Å². The molecule has 12 heavy (non-hydrogen) atoms. The summed E-state index contributed by atoms with van der Waals surface area (Å²) in [5.41, 5.74) is 11.9. The third-order valence-electron chi connectivity index (χ3n) is 1.64. The topological polar surface area (TPSA) is 77.8 Å². The molecule has 0 saturated carbocycles. The molecular formula is C7H8N4S. The Hall–Kier alpha value is -1.36. The molecule has 0 radical (unpaired) electrons. The van der Waals surface area contributed by atoms with Crippen LogP contribution < -0.4 is 11.5 Å². The molecular weight excluding hydrogens is 172 g/mol. The number of fused-ring (bicyclic) bond motifs is 1. The highest BCUT2D eigenvalue weighted by molar-refractivity contribution is 7.23. The van der Waals surface area contributed by atoms with Gasteiger partial charge in [0.2, 0.25) is 0 Å². The molecule has 0 spiro atoms. The summed E-state index contributed by atoms with van der Waals surface area (Å²) in [6.45, 7) is 1.84. The van der Waals surface area contributed by atoms with E-state index in [2.05, 4.69) is 9.97 Å². The van der Waals surface area contributed by atoms with Crippen molar-refractivity contribution in [1.29, 1.82) is 0 Å². The Kier molecular flexibility index (Phi) is 1.41. The molecule has 0 fully saturated rings. The highest BCUT2D eigenvalue weighted by Crippen LogP contribution is 2.33. The van der Waals surface area contributed by atoms with E-state index in [1.165, 1.54) is 11.3 Å². The summed E-state index contributed by atoms with van der Waals surface area (Å²) in [5.74, 6) is 0.740. The van der Waals surface area contributed by atoms with Crippen molar-refractivity contribution in [2.45, 2.75) is 6.92 Å². The van der Waals surface area contributed by atoms with Crippen LogP contribution in [0.15, 0.2) is 6.20 Å². The van der Waals surface area contributed by atoms with Gasteiger partial charge in [0.15, 0.2) is 0 Å². The number of hydrogen-bond donors (Lipinski definition) is 2. The summed E-state index contributed by atoms with van der Waals surface area (Å²) in [6, 6.07) is 0. The molecule has 0 saturated heterocycles. The lowest BCUT2D eigenvalue weighted by Gasteiger charge is -1.91. The van der Waals surface area contributed by atoms with Gasteiger partial charge in [-0.1, -0.05) is 11.3 Å². The van der Waals surface area contributed by atoms with E-state index in [0.29, 0.717) is 10.7 Å². The Morgan fingerprint density at radius 3 is 2.92 bits per heavy atom. The lowest BCUT2D eigenvalue weighted by Crippen LogP contribution is -1.89. The number of rotatable bonds is 0. The lowest BCUT2D eigenvalue weighted by molar-refractivity contribution is 1.10. The van der Waals surface area contributed by atoms with Gasteiger partial charge < -0.3 is 11.5 Å². The maximum atomic E-state index is 5.69. The average molecular weight is 180 g/mol. The Morgan fingerprint density at radius 2 is 2.17 bits per heavy atom. The predicted molar refractivity (Wildman–Crippen MR) is 51.0 cm³/mol. The molecule has 0 bridgehead atoms. The highest BCUT2D eigenvalue weighted by atomic mass is 32.1. The molecule has 2 heterocycles. The van der Waals surface area contributed by atoms with E-state index in [-0.39, 0.29) is 0 Å². The minimum absolute atomic E-state index is 0.593. The van der Waals surface area contributed by atoms with Crippen molar-refractivity contribution < 1.29 is 0 Å². The second-order valence-electron chi connectivity index (χ2n) is 2.52. The van der Waals surface area contributed by atoms with E-state index in [9.17, 15) is 0 Å². The molecule has 2 aromatic heterocycles. The third-order valence-corrected chi connectivity index (χ3v) is 2.58. The number of nitrogen functional groups attached to an aromatic ring is 2. The molecule has 62 valence electrons. The second-order valence-corrected chi connectivity index (χ2v) is 3.55. The van der Waals surface area contributed by atoms with Crippen LogP contribution in [0.4, 0.5) is 10.7 Å².